The molecule has 1 aromatic carbocycles. The molecule has 1 N–H and O–H groups in total. The molecule has 2 amide bonds. The van der Waals surface area contributed by atoms with Crippen LogP contribution in [0.4, 0.5) is 0 Å². The highest BCUT2D eigenvalue weighted by Crippen LogP contribution is 2.28. The lowest BCUT2D eigenvalue weighted by Gasteiger charge is -2.24. The number of hydrogen-bond donors (Lipinski definition) is 1. The molecule has 124 valence electrons. The molecule has 1 aliphatic carbocycles. The molecule has 1 aromatic heterocycles. The largest absolute Gasteiger partial charge is 0.351 e. The van der Waals surface area contributed by atoms with Crippen molar-refractivity contribution in [2.45, 2.75) is 37.8 Å². The van der Waals surface area contributed by atoms with Gasteiger partial charge >= 0.3 is 0 Å². The molecule has 1 fully saturated rings. The summed E-state index contributed by atoms with van der Waals surface area (Å²) in [6.07, 6.45) is 2.67. The number of fused-ring (bicyclic) bond motifs is 1. The summed E-state index contributed by atoms with van der Waals surface area (Å²) in [4.78, 5) is 26.5. The Kier molecular flexibility index (Phi) is 4.10. The zero-order chi connectivity index (χ0) is 16.5. The Morgan fingerprint density at radius 2 is 1.92 bits per heavy atom. The van der Waals surface area contributed by atoms with Gasteiger partial charge in [-0.1, -0.05) is 24.3 Å². The van der Waals surface area contributed by atoms with Crippen LogP contribution < -0.4 is 5.32 Å². The number of thiophene rings is 1. The quantitative estimate of drug-likeness (QED) is 0.927. The standard InChI is InChI=1S/C19H20N2O2S/c22-18(7-13-5-6-24-12-13)20-16-10-19(23)21(11-16)17-8-14-3-1-2-4-15(14)9-17/h1-6,12,16-17H,7-11H2,(H,20,22). The molecule has 0 saturated carbocycles. The minimum absolute atomic E-state index is 0.00255. The molecular formula is C19H20N2O2S. The molecule has 1 unspecified atom stereocenters. The number of nitrogens with zero attached hydrogens (tertiary/aromatic N) is 1. The average molecular weight is 340 g/mol. The van der Waals surface area contributed by atoms with E-state index in [1.807, 2.05) is 21.7 Å². The number of carbonyl (C=O) groups is 2. The topological polar surface area (TPSA) is 49.4 Å². The highest BCUT2D eigenvalue weighted by molar-refractivity contribution is 7.08. The first-order valence-electron chi connectivity index (χ1n) is 8.36. The van der Waals surface area contributed by atoms with Crippen molar-refractivity contribution in [3.05, 3.63) is 57.8 Å². The zero-order valence-electron chi connectivity index (χ0n) is 13.4. The lowest BCUT2D eigenvalue weighted by Crippen LogP contribution is -2.41. The van der Waals surface area contributed by atoms with Crippen LogP contribution in [0.25, 0.3) is 0 Å². The summed E-state index contributed by atoms with van der Waals surface area (Å²) in [6.45, 7) is 0.632. The summed E-state index contributed by atoms with van der Waals surface area (Å²) in [5.74, 6) is 0.163. The van der Waals surface area contributed by atoms with E-state index >= 15 is 0 Å². The predicted octanol–water partition coefficient (Wildman–Crippen LogP) is 2.18. The van der Waals surface area contributed by atoms with E-state index < -0.39 is 0 Å². The minimum atomic E-state index is -0.0626. The Labute approximate surface area is 145 Å². The van der Waals surface area contributed by atoms with Gasteiger partial charge in [0.2, 0.25) is 11.8 Å². The van der Waals surface area contributed by atoms with Crippen LogP contribution in [0.1, 0.15) is 23.1 Å². The fourth-order valence-corrected chi connectivity index (χ4v) is 4.46. The molecule has 2 aromatic rings. The first-order chi connectivity index (χ1) is 11.7. The van der Waals surface area contributed by atoms with Crippen LogP contribution in [0.2, 0.25) is 0 Å². The normalized spacial score (nSPS) is 20.4. The molecular weight excluding hydrogens is 320 g/mol. The number of likely N-dealkylation sites (tertiary alicyclic amines) is 1. The maximum atomic E-state index is 12.4. The van der Waals surface area contributed by atoms with Gasteiger partial charge in [0.1, 0.15) is 0 Å². The van der Waals surface area contributed by atoms with Crippen LogP contribution in [0.5, 0.6) is 0 Å². The maximum absolute atomic E-state index is 12.4. The third-order valence-electron chi connectivity index (χ3n) is 4.94. The van der Waals surface area contributed by atoms with Crippen LogP contribution in [0.3, 0.4) is 0 Å². The van der Waals surface area contributed by atoms with Crippen molar-refractivity contribution in [1.29, 1.82) is 0 Å². The van der Waals surface area contributed by atoms with Crippen LogP contribution in [-0.2, 0) is 28.9 Å². The summed E-state index contributed by atoms with van der Waals surface area (Å²) in [6, 6.07) is 10.6. The van der Waals surface area contributed by atoms with E-state index in [-0.39, 0.29) is 23.9 Å². The Morgan fingerprint density at radius 1 is 1.17 bits per heavy atom. The zero-order valence-corrected chi connectivity index (χ0v) is 14.2. The van der Waals surface area contributed by atoms with Crippen molar-refractivity contribution in [2.75, 3.05) is 6.54 Å². The van der Waals surface area contributed by atoms with Gasteiger partial charge in [0.15, 0.2) is 0 Å². The van der Waals surface area contributed by atoms with Crippen LogP contribution in [-0.4, -0.2) is 35.3 Å². The van der Waals surface area contributed by atoms with Crippen LogP contribution in [0.15, 0.2) is 41.1 Å². The smallest absolute Gasteiger partial charge is 0.225 e. The van der Waals surface area contributed by atoms with E-state index in [1.165, 1.54) is 11.1 Å². The Morgan fingerprint density at radius 3 is 2.58 bits per heavy atom. The molecule has 1 atom stereocenters. The lowest BCUT2D eigenvalue weighted by atomic mass is 10.1. The number of amides is 2. The lowest BCUT2D eigenvalue weighted by molar-refractivity contribution is -0.129. The van der Waals surface area contributed by atoms with Gasteiger partial charge in [-0.2, -0.15) is 11.3 Å². The van der Waals surface area contributed by atoms with Crippen molar-refractivity contribution >= 4 is 23.2 Å². The third kappa shape index (κ3) is 3.08. The molecule has 0 spiro atoms. The van der Waals surface area contributed by atoms with E-state index in [4.69, 9.17) is 0 Å². The summed E-state index contributed by atoms with van der Waals surface area (Å²) >= 11 is 1.59. The Bertz CT molecular complexity index is 731. The molecule has 4 nitrogen and oxygen atoms in total. The first-order valence-corrected chi connectivity index (χ1v) is 9.30. The van der Waals surface area contributed by atoms with Gasteiger partial charge in [-0.05, 0) is 46.4 Å². The van der Waals surface area contributed by atoms with Gasteiger partial charge in [0.25, 0.3) is 0 Å². The maximum Gasteiger partial charge on any atom is 0.225 e. The van der Waals surface area contributed by atoms with Crippen molar-refractivity contribution in [3.63, 3.8) is 0 Å². The van der Waals surface area contributed by atoms with Crippen molar-refractivity contribution in [2.24, 2.45) is 0 Å². The summed E-state index contributed by atoms with van der Waals surface area (Å²) in [5, 5.41) is 6.99. The van der Waals surface area contributed by atoms with E-state index in [9.17, 15) is 9.59 Å². The predicted molar refractivity (Wildman–Crippen MR) is 93.9 cm³/mol. The number of nitrogens with one attached hydrogen (secondary N) is 1. The van der Waals surface area contributed by atoms with E-state index in [1.54, 1.807) is 11.3 Å². The van der Waals surface area contributed by atoms with Gasteiger partial charge in [-0.15, -0.1) is 0 Å². The molecule has 1 saturated heterocycles. The SMILES string of the molecule is O=C(Cc1ccsc1)NC1CC(=O)N(C2Cc3ccccc3C2)C1. The summed E-state index contributed by atoms with van der Waals surface area (Å²) in [7, 11) is 0. The summed E-state index contributed by atoms with van der Waals surface area (Å²) < 4.78 is 0. The number of hydrogen-bond acceptors (Lipinski definition) is 3. The van der Waals surface area contributed by atoms with E-state index in [0.29, 0.717) is 19.4 Å². The molecule has 2 heterocycles. The molecule has 24 heavy (non-hydrogen) atoms. The molecule has 5 heteroatoms. The Hall–Kier alpha value is -2.14. The monoisotopic (exact) mass is 340 g/mol. The number of rotatable bonds is 4. The second kappa shape index (κ2) is 6.40. The molecule has 4 rings (SSSR count). The van der Waals surface area contributed by atoms with Crippen LogP contribution >= 0.6 is 11.3 Å². The van der Waals surface area contributed by atoms with Crippen molar-refractivity contribution in [1.82, 2.24) is 10.2 Å². The second-order valence-electron chi connectivity index (χ2n) is 6.65. The first kappa shape index (κ1) is 15.4. The molecule has 0 radical (unpaired) electrons. The van der Waals surface area contributed by atoms with Crippen LogP contribution in [0, 0.1) is 0 Å². The molecule has 1 aliphatic heterocycles. The van der Waals surface area contributed by atoms with Gasteiger partial charge in [0.05, 0.1) is 12.5 Å². The third-order valence-corrected chi connectivity index (χ3v) is 5.67. The summed E-state index contributed by atoms with van der Waals surface area (Å²) in [5.41, 5.74) is 3.73. The number of benzene rings is 1. The van der Waals surface area contributed by atoms with Crippen molar-refractivity contribution < 1.29 is 9.59 Å². The highest BCUT2D eigenvalue weighted by atomic mass is 32.1. The minimum Gasteiger partial charge on any atom is -0.351 e. The second-order valence-corrected chi connectivity index (χ2v) is 7.43. The average Bonchev–Trinajstić information content (AvgIpc) is 3.26. The van der Waals surface area contributed by atoms with Gasteiger partial charge in [-0.25, -0.2) is 0 Å². The fraction of sp³-hybridized carbons (Fsp3) is 0.368. The Balaban J connectivity index is 1.35. The van der Waals surface area contributed by atoms with Gasteiger partial charge in [-0.3, -0.25) is 9.59 Å². The van der Waals surface area contributed by atoms with E-state index in [0.717, 1.165) is 18.4 Å². The van der Waals surface area contributed by atoms with Gasteiger partial charge < -0.3 is 10.2 Å². The van der Waals surface area contributed by atoms with E-state index in [2.05, 4.69) is 29.6 Å². The molecule has 0 bridgehead atoms. The fourth-order valence-electron chi connectivity index (χ4n) is 3.79. The highest BCUT2D eigenvalue weighted by Gasteiger charge is 2.37. The van der Waals surface area contributed by atoms with Crippen molar-refractivity contribution in [3.8, 4) is 0 Å². The van der Waals surface area contributed by atoms with Gasteiger partial charge in [0, 0.05) is 19.0 Å². The molecule has 2 aliphatic rings. The number of carbonyl (C=O) groups excluding carboxylic acids is 2.